The standard InChI is InChI=1S/C20H23N3O3/c1-15(20(25)26-16(2)24)17-3-5-18(6-4-17)22-11-13-23(14-12-22)19-7-9-21-10-8-19/h3-10,15H,11-14H2,1-2H3. The fourth-order valence-electron chi connectivity index (χ4n) is 3.12. The molecule has 1 unspecified atom stereocenters. The number of carbonyl (C=O) groups is 2. The Morgan fingerprint density at radius 2 is 1.42 bits per heavy atom. The molecule has 1 aliphatic rings. The molecule has 0 bridgehead atoms. The number of pyridine rings is 1. The largest absolute Gasteiger partial charge is 0.393 e. The van der Waals surface area contributed by atoms with Gasteiger partial charge in [0.05, 0.1) is 5.92 Å². The highest BCUT2D eigenvalue weighted by Crippen LogP contribution is 2.23. The van der Waals surface area contributed by atoms with Crippen molar-refractivity contribution in [2.75, 3.05) is 36.0 Å². The highest BCUT2D eigenvalue weighted by molar-refractivity contribution is 5.88. The Morgan fingerprint density at radius 1 is 0.923 bits per heavy atom. The lowest BCUT2D eigenvalue weighted by atomic mass is 10.0. The first kappa shape index (κ1) is 17.9. The number of anilines is 2. The van der Waals surface area contributed by atoms with Gasteiger partial charge in [-0.2, -0.15) is 0 Å². The summed E-state index contributed by atoms with van der Waals surface area (Å²) in [5, 5.41) is 0. The summed E-state index contributed by atoms with van der Waals surface area (Å²) in [6.07, 6.45) is 3.64. The second-order valence-corrected chi connectivity index (χ2v) is 6.41. The molecule has 6 heteroatoms. The van der Waals surface area contributed by atoms with Gasteiger partial charge in [-0.1, -0.05) is 12.1 Å². The fraction of sp³-hybridized carbons (Fsp3) is 0.350. The number of aromatic nitrogens is 1. The molecule has 1 aromatic carbocycles. The molecule has 0 saturated carbocycles. The van der Waals surface area contributed by atoms with Crippen molar-refractivity contribution in [1.82, 2.24) is 4.98 Å². The van der Waals surface area contributed by atoms with Crippen molar-refractivity contribution in [3.8, 4) is 0 Å². The maximum atomic E-state index is 11.8. The molecule has 1 atom stereocenters. The van der Waals surface area contributed by atoms with Crippen molar-refractivity contribution in [2.45, 2.75) is 19.8 Å². The Morgan fingerprint density at radius 3 is 1.92 bits per heavy atom. The smallest absolute Gasteiger partial charge is 0.320 e. The third-order valence-electron chi connectivity index (χ3n) is 4.66. The molecule has 26 heavy (non-hydrogen) atoms. The van der Waals surface area contributed by atoms with E-state index in [0.29, 0.717) is 0 Å². The molecule has 3 rings (SSSR count). The van der Waals surface area contributed by atoms with Gasteiger partial charge in [0.25, 0.3) is 0 Å². The quantitative estimate of drug-likeness (QED) is 0.622. The molecule has 1 saturated heterocycles. The number of nitrogens with zero attached hydrogens (tertiary/aromatic N) is 3. The van der Waals surface area contributed by atoms with E-state index in [1.807, 2.05) is 48.8 Å². The van der Waals surface area contributed by atoms with Gasteiger partial charge in [0.2, 0.25) is 0 Å². The number of ether oxygens (including phenoxy) is 1. The van der Waals surface area contributed by atoms with Crippen LogP contribution in [0.2, 0.25) is 0 Å². The Kier molecular flexibility index (Phi) is 5.51. The molecule has 0 aliphatic carbocycles. The van der Waals surface area contributed by atoms with E-state index in [9.17, 15) is 9.59 Å². The van der Waals surface area contributed by atoms with E-state index >= 15 is 0 Å². The summed E-state index contributed by atoms with van der Waals surface area (Å²) >= 11 is 0. The van der Waals surface area contributed by atoms with Gasteiger partial charge < -0.3 is 14.5 Å². The summed E-state index contributed by atoms with van der Waals surface area (Å²) in [6.45, 7) is 6.75. The monoisotopic (exact) mass is 353 g/mol. The van der Waals surface area contributed by atoms with Crippen LogP contribution in [0.1, 0.15) is 25.3 Å². The van der Waals surface area contributed by atoms with Crippen molar-refractivity contribution >= 4 is 23.3 Å². The summed E-state index contributed by atoms with van der Waals surface area (Å²) < 4.78 is 4.67. The van der Waals surface area contributed by atoms with E-state index in [-0.39, 0.29) is 0 Å². The highest BCUT2D eigenvalue weighted by atomic mass is 16.6. The minimum Gasteiger partial charge on any atom is -0.393 e. The van der Waals surface area contributed by atoms with Gasteiger partial charge in [-0.25, -0.2) is 0 Å². The predicted molar refractivity (Wildman–Crippen MR) is 100 cm³/mol. The normalized spacial score (nSPS) is 15.5. The topological polar surface area (TPSA) is 62.7 Å². The Bertz CT molecular complexity index is 754. The molecule has 1 fully saturated rings. The Labute approximate surface area is 153 Å². The van der Waals surface area contributed by atoms with E-state index in [1.165, 1.54) is 12.6 Å². The molecule has 0 radical (unpaired) electrons. The summed E-state index contributed by atoms with van der Waals surface area (Å²) in [5.74, 6) is -1.56. The second-order valence-electron chi connectivity index (χ2n) is 6.41. The van der Waals surface area contributed by atoms with Gasteiger partial charge in [-0.3, -0.25) is 14.6 Å². The van der Waals surface area contributed by atoms with Crippen LogP contribution in [0.25, 0.3) is 0 Å². The maximum Gasteiger partial charge on any atom is 0.320 e. The summed E-state index contributed by atoms with van der Waals surface area (Å²) in [5.41, 5.74) is 3.18. The van der Waals surface area contributed by atoms with Crippen molar-refractivity contribution in [3.63, 3.8) is 0 Å². The number of hydrogen-bond donors (Lipinski definition) is 0. The molecule has 136 valence electrons. The van der Waals surface area contributed by atoms with Gasteiger partial charge in [0.15, 0.2) is 0 Å². The van der Waals surface area contributed by atoms with Crippen LogP contribution in [0.3, 0.4) is 0 Å². The van der Waals surface area contributed by atoms with Gasteiger partial charge in [-0.15, -0.1) is 0 Å². The first-order valence-corrected chi connectivity index (χ1v) is 8.77. The van der Waals surface area contributed by atoms with Crippen LogP contribution in [0, 0.1) is 0 Å². The molecule has 1 aliphatic heterocycles. The first-order chi connectivity index (χ1) is 12.5. The molecular weight excluding hydrogens is 330 g/mol. The first-order valence-electron chi connectivity index (χ1n) is 8.77. The zero-order chi connectivity index (χ0) is 18.5. The molecule has 6 nitrogen and oxygen atoms in total. The number of benzene rings is 1. The van der Waals surface area contributed by atoms with Gasteiger partial charge in [0, 0.05) is 56.9 Å². The number of carbonyl (C=O) groups excluding carboxylic acids is 2. The van der Waals surface area contributed by atoms with Crippen LogP contribution in [-0.4, -0.2) is 43.1 Å². The van der Waals surface area contributed by atoms with Gasteiger partial charge in [-0.05, 0) is 36.8 Å². The van der Waals surface area contributed by atoms with Crippen LogP contribution >= 0.6 is 0 Å². The molecule has 2 aromatic rings. The summed E-state index contributed by atoms with van der Waals surface area (Å²) in [6, 6.07) is 12.0. The third kappa shape index (κ3) is 4.20. The lowest BCUT2D eigenvalue weighted by molar-refractivity contribution is -0.158. The number of piperazine rings is 1. The molecular formula is C20H23N3O3. The van der Waals surface area contributed by atoms with Gasteiger partial charge in [0.1, 0.15) is 0 Å². The van der Waals surface area contributed by atoms with Crippen LogP contribution in [-0.2, 0) is 14.3 Å². The molecule has 0 N–H and O–H groups in total. The molecule has 1 aromatic heterocycles. The van der Waals surface area contributed by atoms with Crippen molar-refractivity contribution in [1.29, 1.82) is 0 Å². The van der Waals surface area contributed by atoms with E-state index in [2.05, 4.69) is 19.5 Å². The lowest BCUT2D eigenvalue weighted by Crippen LogP contribution is -2.46. The number of esters is 2. The number of rotatable bonds is 4. The predicted octanol–water partition coefficient (Wildman–Crippen LogP) is 2.60. The molecule has 2 heterocycles. The van der Waals surface area contributed by atoms with Crippen molar-refractivity contribution < 1.29 is 14.3 Å². The maximum absolute atomic E-state index is 11.8. The SMILES string of the molecule is CC(=O)OC(=O)C(C)c1ccc(N2CCN(c3ccncc3)CC2)cc1. The Hall–Kier alpha value is -2.89. The average Bonchev–Trinajstić information content (AvgIpc) is 2.68. The van der Waals surface area contributed by atoms with E-state index in [4.69, 9.17) is 0 Å². The van der Waals surface area contributed by atoms with Crippen LogP contribution in [0.4, 0.5) is 11.4 Å². The number of hydrogen-bond acceptors (Lipinski definition) is 6. The van der Waals surface area contributed by atoms with Crippen molar-refractivity contribution in [3.05, 3.63) is 54.4 Å². The Balaban J connectivity index is 1.59. The van der Waals surface area contributed by atoms with Crippen molar-refractivity contribution in [2.24, 2.45) is 0 Å². The van der Waals surface area contributed by atoms with Crippen LogP contribution < -0.4 is 9.80 Å². The second kappa shape index (κ2) is 7.99. The third-order valence-corrected chi connectivity index (χ3v) is 4.66. The van der Waals surface area contributed by atoms with E-state index < -0.39 is 17.9 Å². The minimum absolute atomic E-state index is 0.462. The highest BCUT2D eigenvalue weighted by Gasteiger charge is 2.20. The zero-order valence-electron chi connectivity index (χ0n) is 15.1. The van der Waals surface area contributed by atoms with E-state index in [1.54, 1.807) is 6.92 Å². The average molecular weight is 353 g/mol. The fourth-order valence-corrected chi connectivity index (χ4v) is 3.12. The zero-order valence-corrected chi connectivity index (χ0v) is 15.1. The van der Waals surface area contributed by atoms with E-state index in [0.717, 1.165) is 37.4 Å². The summed E-state index contributed by atoms with van der Waals surface area (Å²) in [4.78, 5) is 31.5. The molecule has 0 spiro atoms. The van der Waals surface area contributed by atoms with Gasteiger partial charge >= 0.3 is 11.9 Å². The van der Waals surface area contributed by atoms with Crippen LogP contribution in [0.5, 0.6) is 0 Å². The van der Waals surface area contributed by atoms with Crippen LogP contribution in [0.15, 0.2) is 48.8 Å². The summed E-state index contributed by atoms with van der Waals surface area (Å²) in [7, 11) is 0. The molecule has 0 amide bonds. The lowest BCUT2D eigenvalue weighted by Gasteiger charge is -2.37. The minimum atomic E-state index is -0.578.